The number of fused-ring (bicyclic) bond motifs is 1. The lowest BCUT2D eigenvalue weighted by Gasteiger charge is -2.25. The largest absolute Gasteiger partial charge is 0.429 e. The Bertz CT molecular complexity index is 1010. The molecule has 2 aromatic carbocycles. The number of hydrogen-bond acceptors (Lipinski definition) is 4. The molecule has 1 heterocycles. The molecule has 25 heavy (non-hydrogen) atoms. The van der Waals surface area contributed by atoms with E-state index in [1.807, 2.05) is 31.2 Å². The summed E-state index contributed by atoms with van der Waals surface area (Å²) in [4.78, 5) is 18.4. The van der Waals surface area contributed by atoms with Crippen molar-refractivity contribution in [2.24, 2.45) is 0 Å². The van der Waals surface area contributed by atoms with Crippen molar-refractivity contribution < 1.29 is 13.4 Å². The molecule has 0 fully saturated rings. The summed E-state index contributed by atoms with van der Waals surface area (Å²) in [6.45, 7) is 1.95. The quantitative estimate of drug-likeness (QED) is 0.700. The van der Waals surface area contributed by atoms with Gasteiger partial charge in [-0.3, -0.25) is 9.00 Å². The number of amides is 1. The van der Waals surface area contributed by atoms with E-state index in [9.17, 15) is 9.00 Å². The van der Waals surface area contributed by atoms with Crippen LogP contribution in [0.4, 0.5) is 0 Å². The van der Waals surface area contributed by atoms with Crippen molar-refractivity contribution in [1.82, 2.24) is 9.88 Å². The van der Waals surface area contributed by atoms with Gasteiger partial charge in [-0.1, -0.05) is 12.1 Å². The van der Waals surface area contributed by atoms with Crippen LogP contribution in [-0.2, 0) is 10.8 Å². The molecular formula is C18H18N2O3S2. The predicted octanol–water partition coefficient (Wildman–Crippen LogP) is 4.06. The number of hydrogen-bond donors (Lipinski definition) is 1. The van der Waals surface area contributed by atoms with Gasteiger partial charge in [-0.05, 0) is 55.0 Å². The van der Waals surface area contributed by atoms with Crippen LogP contribution in [0.2, 0.25) is 0 Å². The fourth-order valence-electron chi connectivity index (χ4n) is 2.62. The average molecular weight is 374 g/mol. The smallest absolute Gasteiger partial charge is 0.266 e. The van der Waals surface area contributed by atoms with Crippen LogP contribution in [0, 0.1) is 4.84 Å². The maximum atomic E-state index is 12.8. The highest BCUT2D eigenvalue weighted by Gasteiger charge is 2.20. The van der Waals surface area contributed by atoms with E-state index in [1.165, 1.54) is 0 Å². The van der Waals surface area contributed by atoms with Crippen molar-refractivity contribution in [3.05, 3.63) is 58.4 Å². The van der Waals surface area contributed by atoms with Gasteiger partial charge in [-0.2, -0.15) is 0 Å². The van der Waals surface area contributed by atoms with Gasteiger partial charge in [0.05, 0.1) is 11.6 Å². The van der Waals surface area contributed by atoms with E-state index < -0.39 is 10.8 Å². The first-order valence-electron chi connectivity index (χ1n) is 7.70. The SMILES string of the molecule is CC(c1ccc(S(C)=O)cc1)N(C)C(=O)c1ccc2[nH]c(=S)oc2c1. The van der Waals surface area contributed by atoms with Crippen molar-refractivity contribution >= 4 is 40.0 Å². The topological polar surface area (TPSA) is 66.3 Å². The molecule has 0 aliphatic heterocycles. The normalized spacial score (nSPS) is 13.6. The number of nitrogens with one attached hydrogen (secondary N) is 1. The molecule has 0 aliphatic carbocycles. The van der Waals surface area contributed by atoms with Crippen LogP contribution in [0.15, 0.2) is 51.8 Å². The second-order valence-electron chi connectivity index (χ2n) is 5.84. The fraction of sp³-hybridized carbons (Fsp3) is 0.222. The van der Waals surface area contributed by atoms with Crippen LogP contribution in [0.25, 0.3) is 11.1 Å². The van der Waals surface area contributed by atoms with Crippen LogP contribution >= 0.6 is 12.2 Å². The molecule has 0 saturated heterocycles. The summed E-state index contributed by atoms with van der Waals surface area (Å²) < 4.78 is 16.9. The minimum Gasteiger partial charge on any atom is -0.429 e. The molecule has 3 rings (SSSR count). The van der Waals surface area contributed by atoms with Crippen molar-refractivity contribution in [1.29, 1.82) is 0 Å². The van der Waals surface area contributed by atoms with E-state index in [1.54, 1.807) is 36.4 Å². The number of oxazole rings is 1. The van der Waals surface area contributed by atoms with Crippen LogP contribution in [-0.4, -0.2) is 33.3 Å². The van der Waals surface area contributed by atoms with E-state index in [2.05, 4.69) is 4.98 Å². The molecule has 5 nitrogen and oxygen atoms in total. The predicted molar refractivity (Wildman–Crippen MR) is 101 cm³/mol. The number of rotatable bonds is 4. The minimum atomic E-state index is -1.01. The first-order valence-corrected chi connectivity index (χ1v) is 9.67. The maximum absolute atomic E-state index is 12.8. The molecule has 0 bridgehead atoms. The summed E-state index contributed by atoms with van der Waals surface area (Å²) in [7, 11) is 0.746. The average Bonchev–Trinajstić information content (AvgIpc) is 2.99. The highest BCUT2D eigenvalue weighted by atomic mass is 32.2. The van der Waals surface area contributed by atoms with E-state index in [-0.39, 0.29) is 16.8 Å². The van der Waals surface area contributed by atoms with Crippen LogP contribution in [0.3, 0.4) is 0 Å². The molecule has 0 aliphatic rings. The lowest BCUT2D eigenvalue weighted by atomic mass is 10.1. The Labute approximate surface area is 153 Å². The molecule has 1 aromatic heterocycles. The molecule has 2 atom stereocenters. The molecule has 0 spiro atoms. The van der Waals surface area contributed by atoms with E-state index >= 15 is 0 Å². The van der Waals surface area contributed by atoms with Gasteiger partial charge < -0.3 is 14.3 Å². The molecule has 130 valence electrons. The summed E-state index contributed by atoms with van der Waals surface area (Å²) >= 11 is 4.97. The van der Waals surface area contributed by atoms with Gasteiger partial charge in [0.25, 0.3) is 10.7 Å². The number of H-pyrrole nitrogens is 1. The Morgan fingerprint density at radius 1 is 1.24 bits per heavy atom. The number of carbonyl (C=O) groups excluding carboxylic acids is 1. The number of aromatic amines is 1. The monoisotopic (exact) mass is 374 g/mol. The number of nitrogens with zero attached hydrogens (tertiary/aromatic N) is 1. The summed E-state index contributed by atoms with van der Waals surface area (Å²) in [6, 6.07) is 12.6. The van der Waals surface area contributed by atoms with Crippen LogP contribution < -0.4 is 0 Å². The van der Waals surface area contributed by atoms with Crippen molar-refractivity contribution in [3.63, 3.8) is 0 Å². The molecule has 0 radical (unpaired) electrons. The molecule has 1 N–H and O–H groups in total. The third-order valence-corrected chi connectivity index (χ3v) is 5.39. The van der Waals surface area contributed by atoms with Crippen molar-refractivity contribution in [2.75, 3.05) is 13.3 Å². The molecule has 0 saturated carbocycles. The van der Waals surface area contributed by atoms with Gasteiger partial charge in [0.2, 0.25) is 0 Å². The lowest BCUT2D eigenvalue weighted by molar-refractivity contribution is 0.0742. The first-order chi connectivity index (χ1) is 11.9. The van der Waals surface area contributed by atoms with Crippen molar-refractivity contribution in [3.8, 4) is 0 Å². The van der Waals surface area contributed by atoms with E-state index in [4.69, 9.17) is 16.6 Å². The Balaban J connectivity index is 1.84. The molecule has 2 unspecified atom stereocenters. The molecule has 7 heteroatoms. The zero-order valence-corrected chi connectivity index (χ0v) is 15.7. The zero-order valence-electron chi connectivity index (χ0n) is 14.1. The van der Waals surface area contributed by atoms with Gasteiger partial charge >= 0.3 is 0 Å². The Kier molecular flexibility index (Phi) is 4.87. The van der Waals surface area contributed by atoms with Gasteiger partial charge in [-0.25, -0.2) is 0 Å². The Morgan fingerprint density at radius 2 is 1.92 bits per heavy atom. The summed E-state index contributed by atoms with van der Waals surface area (Å²) in [6.07, 6.45) is 1.64. The Morgan fingerprint density at radius 3 is 2.56 bits per heavy atom. The summed E-state index contributed by atoms with van der Waals surface area (Å²) in [5.41, 5.74) is 2.84. The second kappa shape index (κ2) is 6.93. The van der Waals surface area contributed by atoms with E-state index in [0.29, 0.717) is 11.1 Å². The summed E-state index contributed by atoms with van der Waals surface area (Å²) in [5.74, 6) is -0.111. The number of aromatic nitrogens is 1. The van der Waals surface area contributed by atoms with Crippen LogP contribution in [0.5, 0.6) is 0 Å². The summed E-state index contributed by atoms with van der Waals surface area (Å²) in [5, 5.41) is 0. The molecule has 1 amide bonds. The van der Waals surface area contributed by atoms with Gasteiger partial charge in [0.1, 0.15) is 0 Å². The number of carbonyl (C=O) groups is 1. The third kappa shape index (κ3) is 3.57. The van der Waals surface area contributed by atoms with Crippen molar-refractivity contribution in [2.45, 2.75) is 17.9 Å². The van der Waals surface area contributed by atoms with Gasteiger partial charge in [0.15, 0.2) is 5.58 Å². The Hall–Kier alpha value is -2.25. The molecule has 3 aromatic rings. The standard InChI is InChI=1S/C18H18N2O3S2/c1-11(12-4-7-14(8-5-12)25(3)22)20(2)17(21)13-6-9-15-16(10-13)23-18(24)19-15/h4-11H,1-3H3,(H,19,24). The van der Waals surface area contributed by atoms with Crippen LogP contribution in [0.1, 0.15) is 28.9 Å². The van der Waals surface area contributed by atoms with Gasteiger partial charge in [-0.15, -0.1) is 0 Å². The fourth-order valence-corrected chi connectivity index (χ4v) is 3.34. The zero-order chi connectivity index (χ0) is 18.1. The first kappa shape index (κ1) is 17.6. The third-order valence-electron chi connectivity index (χ3n) is 4.26. The second-order valence-corrected chi connectivity index (χ2v) is 7.59. The number of benzene rings is 2. The van der Waals surface area contributed by atoms with Gasteiger partial charge in [0, 0.05) is 34.6 Å². The highest BCUT2D eigenvalue weighted by molar-refractivity contribution is 7.84. The molecular weight excluding hydrogens is 356 g/mol. The van der Waals surface area contributed by atoms with E-state index in [0.717, 1.165) is 16.0 Å². The maximum Gasteiger partial charge on any atom is 0.266 e. The minimum absolute atomic E-state index is 0.111. The lowest BCUT2D eigenvalue weighted by Crippen LogP contribution is -2.29. The highest BCUT2D eigenvalue weighted by Crippen LogP contribution is 2.23.